The maximum Gasteiger partial charge on any atom is 0.247 e. The lowest BCUT2D eigenvalue weighted by Crippen LogP contribution is -2.63. The standard InChI is InChI=1S/C27H23Cl3N4O2S/c28-18-5-4-8-22(14-18)32-11-9-31(10-12-32)17-24-25(35)33(21-6-2-1-3-7-21)27(37)34(26(24)36)23-15-19(29)13-20(30)16-23/h1-8,13-16,24H,9-12,17H2. The number of para-hydroxylation sites is 1. The number of amides is 2. The number of nitrogens with zero attached hydrogens (tertiary/aromatic N) is 4. The zero-order chi connectivity index (χ0) is 26.1. The van der Waals surface area contributed by atoms with Gasteiger partial charge in [-0.1, -0.05) is 59.1 Å². The topological polar surface area (TPSA) is 47.1 Å². The smallest absolute Gasteiger partial charge is 0.247 e. The second-order valence-corrected chi connectivity index (χ2v) is 10.6. The number of thiocarbonyl (C=S) groups is 1. The number of hydrogen-bond donors (Lipinski definition) is 0. The number of benzene rings is 3. The quantitative estimate of drug-likeness (QED) is 0.287. The van der Waals surface area contributed by atoms with E-state index in [2.05, 4.69) is 9.80 Å². The van der Waals surface area contributed by atoms with Crippen LogP contribution in [-0.2, 0) is 9.59 Å². The normalized spacial score (nSPS) is 19.1. The largest absolute Gasteiger partial charge is 0.369 e. The zero-order valence-corrected chi connectivity index (χ0v) is 22.8. The van der Waals surface area contributed by atoms with Crippen molar-refractivity contribution >= 4 is 81.0 Å². The summed E-state index contributed by atoms with van der Waals surface area (Å²) >= 11 is 24.3. The number of carbonyl (C=O) groups is 2. The molecule has 2 aliphatic rings. The number of hydrogen-bond acceptors (Lipinski definition) is 5. The maximum absolute atomic E-state index is 13.8. The van der Waals surface area contributed by atoms with Crippen LogP contribution < -0.4 is 14.7 Å². The first-order valence-corrected chi connectivity index (χ1v) is 13.3. The zero-order valence-electron chi connectivity index (χ0n) is 19.7. The number of anilines is 3. The molecule has 10 heteroatoms. The van der Waals surface area contributed by atoms with Crippen LogP contribution in [0.5, 0.6) is 0 Å². The fraction of sp³-hybridized carbons (Fsp3) is 0.222. The molecule has 2 heterocycles. The lowest BCUT2D eigenvalue weighted by molar-refractivity contribution is -0.133. The molecule has 0 radical (unpaired) electrons. The SMILES string of the molecule is O=C1C(CN2CCN(c3cccc(Cl)c3)CC2)C(=O)N(c2cc(Cl)cc(Cl)c2)C(=S)N1c1ccccc1. The van der Waals surface area contributed by atoms with E-state index in [1.807, 2.05) is 42.5 Å². The first kappa shape index (κ1) is 25.9. The van der Waals surface area contributed by atoms with Crippen molar-refractivity contribution in [2.75, 3.05) is 47.4 Å². The molecule has 5 rings (SSSR count). The Morgan fingerprint density at radius 1 is 0.676 bits per heavy atom. The molecular weight excluding hydrogens is 551 g/mol. The highest BCUT2D eigenvalue weighted by molar-refractivity contribution is 7.81. The van der Waals surface area contributed by atoms with Gasteiger partial charge in [0.1, 0.15) is 5.92 Å². The molecule has 2 aliphatic heterocycles. The van der Waals surface area contributed by atoms with Crippen molar-refractivity contribution in [3.63, 3.8) is 0 Å². The Morgan fingerprint density at radius 3 is 1.86 bits per heavy atom. The molecule has 1 unspecified atom stereocenters. The summed E-state index contributed by atoms with van der Waals surface area (Å²) < 4.78 is 0. The van der Waals surface area contributed by atoms with Crippen LogP contribution in [0.25, 0.3) is 0 Å². The highest BCUT2D eigenvalue weighted by Crippen LogP contribution is 2.33. The van der Waals surface area contributed by atoms with Gasteiger partial charge in [-0.05, 0) is 60.7 Å². The van der Waals surface area contributed by atoms with Gasteiger partial charge in [0.05, 0.1) is 11.4 Å². The van der Waals surface area contributed by atoms with Gasteiger partial charge in [-0.2, -0.15) is 0 Å². The predicted octanol–water partition coefficient (Wildman–Crippen LogP) is 5.75. The fourth-order valence-electron chi connectivity index (χ4n) is 4.70. The molecule has 190 valence electrons. The third-order valence-electron chi connectivity index (χ3n) is 6.53. The van der Waals surface area contributed by atoms with Crippen LogP contribution >= 0.6 is 47.0 Å². The number of halogens is 3. The summed E-state index contributed by atoms with van der Waals surface area (Å²) in [6.45, 7) is 3.18. The van der Waals surface area contributed by atoms with Gasteiger partial charge in [-0.15, -0.1) is 0 Å². The minimum absolute atomic E-state index is 0.0709. The monoisotopic (exact) mass is 572 g/mol. The van der Waals surface area contributed by atoms with Crippen LogP contribution in [0.1, 0.15) is 0 Å². The van der Waals surface area contributed by atoms with Crippen LogP contribution in [0.15, 0.2) is 72.8 Å². The highest BCUT2D eigenvalue weighted by atomic mass is 35.5. The molecule has 2 amide bonds. The van der Waals surface area contributed by atoms with E-state index in [0.29, 0.717) is 39.5 Å². The van der Waals surface area contributed by atoms with Gasteiger partial charge in [-0.3, -0.25) is 24.3 Å². The lowest BCUT2D eigenvalue weighted by Gasteiger charge is -2.42. The number of rotatable bonds is 5. The van der Waals surface area contributed by atoms with Gasteiger partial charge < -0.3 is 4.90 Å². The molecular formula is C27H23Cl3N4O2S. The van der Waals surface area contributed by atoms with Crippen LogP contribution in [0, 0.1) is 5.92 Å². The van der Waals surface area contributed by atoms with Crippen molar-refractivity contribution in [3.8, 4) is 0 Å². The molecule has 2 fully saturated rings. The van der Waals surface area contributed by atoms with Crippen LogP contribution in [-0.4, -0.2) is 54.6 Å². The summed E-state index contributed by atoms with van der Waals surface area (Å²) in [6, 6.07) is 21.7. The summed E-state index contributed by atoms with van der Waals surface area (Å²) in [5, 5.41) is 1.50. The van der Waals surface area contributed by atoms with Crippen LogP contribution in [0.4, 0.5) is 17.1 Å². The van der Waals surface area contributed by atoms with E-state index in [4.69, 9.17) is 47.0 Å². The van der Waals surface area contributed by atoms with Crippen molar-refractivity contribution < 1.29 is 9.59 Å². The molecule has 2 saturated heterocycles. The van der Waals surface area contributed by atoms with E-state index in [1.165, 1.54) is 9.80 Å². The summed E-state index contributed by atoms with van der Waals surface area (Å²) in [5.74, 6) is -1.68. The Hall–Kier alpha value is -2.68. The van der Waals surface area contributed by atoms with Crippen molar-refractivity contribution in [2.24, 2.45) is 5.92 Å². The molecule has 1 atom stereocenters. The Kier molecular flexibility index (Phi) is 7.70. The van der Waals surface area contributed by atoms with E-state index in [-0.39, 0.29) is 17.6 Å². The molecule has 0 N–H and O–H groups in total. The van der Waals surface area contributed by atoms with Gasteiger partial charge in [0.2, 0.25) is 11.8 Å². The summed E-state index contributed by atoms with van der Waals surface area (Å²) in [6.07, 6.45) is 0. The minimum Gasteiger partial charge on any atom is -0.369 e. The maximum atomic E-state index is 13.8. The van der Waals surface area contributed by atoms with Gasteiger partial charge in [0, 0.05) is 53.5 Å². The summed E-state index contributed by atoms with van der Waals surface area (Å²) in [4.78, 5) is 34.7. The molecule has 0 spiro atoms. The van der Waals surface area contributed by atoms with Crippen molar-refractivity contribution in [1.82, 2.24) is 4.90 Å². The van der Waals surface area contributed by atoms with E-state index in [9.17, 15) is 9.59 Å². The Morgan fingerprint density at radius 2 is 1.24 bits per heavy atom. The second kappa shape index (κ2) is 11.0. The summed E-state index contributed by atoms with van der Waals surface area (Å²) in [7, 11) is 0. The highest BCUT2D eigenvalue weighted by Gasteiger charge is 2.46. The van der Waals surface area contributed by atoms with Crippen LogP contribution in [0.3, 0.4) is 0 Å². The van der Waals surface area contributed by atoms with Gasteiger partial charge in [-0.25, -0.2) is 0 Å². The van der Waals surface area contributed by atoms with Crippen molar-refractivity contribution in [1.29, 1.82) is 0 Å². The number of piperazine rings is 1. The van der Waals surface area contributed by atoms with E-state index in [1.54, 1.807) is 30.3 Å². The molecule has 6 nitrogen and oxygen atoms in total. The Labute approximate surface area is 235 Å². The van der Waals surface area contributed by atoms with Crippen molar-refractivity contribution in [3.05, 3.63) is 87.9 Å². The summed E-state index contributed by atoms with van der Waals surface area (Å²) in [5.41, 5.74) is 2.08. The van der Waals surface area contributed by atoms with E-state index in [0.717, 1.165) is 18.8 Å². The van der Waals surface area contributed by atoms with Gasteiger partial charge in [0.25, 0.3) is 0 Å². The molecule has 3 aromatic carbocycles. The lowest BCUT2D eigenvalue weighted by atomic mass is 10.0. The average molecular weight is 574 g/mol. The first-order chi connectivity index (χ1) is 17.8. The predicted molar refractivity (Wildman–Crippen MR) is 154 cm³/mol. The molecule has 0 saturated carbocycles. The van der Waals surface area contributed by atoms with Gasteiger partial charge >= 0.3 is 0 Å². The van der Waals surface area contributed by atoms with E-state index >= 15 is 0 Å². The van der Waals surface area contributed by atoms with Crippen molar-refractivity contribution in [2.45, 2.75) is 0 Å². The Balaban J connectivity index is 1.41. The third kappa shape index (κ3) is 5.47. The van der Waals surface area contributed by atoms with E-state index < -0.39 is 11.8 Å². The average Bonchev–Trinajstić information content (AvgIpc) is 2.87. The molecule has 3 aromatic rings. The fourth-order valence-corrected chi connectivity index (χ4v) is 5.79. The molecule has 0 aromatic heterocycles. The second-order valence-electron chi connectivity index (χ2n) is 8.91. The molecule has 0 bridgehead atoms. The van der Waals surface area contributed by atoms with Gasteiger partial charge in [0.15, 0.2) is 5.11 Å². The molecule has 37 heavy (non-hydrogen) atoms. The molecule has 0 aliphatic carbocycles. The first-order valence-electron chi connectivity index (χ1n) is 11.8. The Bertz CT molecular complexity index is 1330. The third-order valence-corrected chi connectivity index (χ3v) is 7.56. The number of carbonyl (C=O) groups excluding carboxylic acids is 2. The minimum atomic E-state index is -0.942. The van der Waals surface area contributed by atoms with Crippen LogP contribution in [0.2, 0.25) is 15.1 Å².